The van der Waals surface area contributed by atoms with Gasteiger partial charge >= 0.3 is 12.1 Å². The first-order valence-electron chi connectivity index (χ1n) is 9.40. The molecule has 2 unspecified atom stereocenters. The maximum Gasteiger partial charge on any atom is 0.408 e. The Bertz CT molecular complexity index is 851. The van der Waals surface area contributed by atoms with Gasteiger partial charge in [-0.15, -0.1) is 11.8 Å². The third kappa shape index (κ3) is 4.65. The van der Waals surface area contributed by atoms with Crippen molar-refractivity contribution in [2.24, 2.45) is 0 Å². The number of carboxylic acid groups (broad SMARTS) is 1. The summed E-state index contributed by atoms with van der Waals surface area (Å²) in [4.78, 5) is 50.0. The number of hydrogen-bond donors (Lipinski definition) is 3. The highest BCUT2D eigenvalue weighted by molar-refractivity contribution is 8.00. The highest BCUT2D eigenvalue weighted by atomic mass is 35.5. The number of aliphatic carboxylic acids is 1. The van der Waals surface area contributed by atoms with Crippen LogP contribution in [0.5, 0.6) is 0 Å². The van der Waals surface area contributed by atoms with Crippen LogP contribution in [0.3, 0.4) is 0 Å². The van der Waals surface area contributed by atoms with E-state index in [2.05, 4.69) is 10.6 Å². The van der Waals surface area contributed by atoms with Crippen LogP contribution in [0.1, 0.15) is 18.9 Å². The normalized spacial score (nSPS) is 25.0. The summed E-state index contributed by atoms with van der Waals surface area (Å²) in [6, 6.07) is 6.10. The average molecular weight is 456 g/mol. The van der Waals surface area contributed by atoms with Crippen LogP contribution in [0.15, 0.2) is 24.3 Å². The highest BCUT2D eigenvalue weighted by Gasteiger charge is 2.58. The van der Waals surface area contributed by atoms with E-state index in [0.29, 0.717) is 11.4 Å². The largest absolute Gasteiger partial charge is 0.479 e. The first-order valence-corrected chi connectivity index (χ1v) is 10.8. The fraction of sp³-hybridized carbons (Fsp3) is 0.474. The number of nitrogens with one attached hydrogen (secondary N) is 2. The SMILES string of the molecule is CCCOC(=O)NC1(C(=O)O)CS[C@@H]2C(NC(=O)Cc3ccc(Cl)cc3)C(=O)N2C1. The van der Waals surface area contributed by atoms with Crippen molar-refractivity contribution in [1.29, 1.82) is 0 Å². The van der Waals surface area contributed by atoms with Crippen LogP contribution < -0.4 is 10.6 Å². The Morgan fingerprint density at radius 2 is 2.03 bits per heavy atom. The van der Waals surface area contributed by atoms with Crippen LogP contribution in [0.25, 0.3) is 0 Å². The third-order valence-corrected chi connectivity index (χ3v) is 6.64. The number of ether oxygens (including phenoxy) is 1. The van der Waals surface area contributed by atoms with Gasteiger partial charge in [0.2, 0.25) is 11.8 Å². The van der Waals surface area contributed by atoms with Gasteiger partial charge in [0.05, 0.1) is 19.6 Å². The number of carboxylic acids is 1. The smallest absolute Gasteiger partial charge is 0.408 e. The minimum absolute atomic E-state index is 0.0432. The minimum Gasteiger partial charge on any atom is -0.479 e. The molecule has 1 aromatic rings. The molecule has 0 aromatic heterocycles. The van der Waals surface area contributed by atoms with E-state index >= 15 is 0 Å². The lowest BCUT2D eigenvalue weighted by molar-refractivity contribution is -0.155. The number of carbonyl (C=O) groups is 4. The Balaban J connectivity index is 1.59. The second-order valence-corrected chi connectivity index (χ2v) is 8.71. The first kappa shape index (κ1) is 22.2. The van der Waals surface area contributed by atoms with Crippen LogP contribution in [0.4, 0.5) is 4.79 Å². The van der Waals surface area contributed by atoms with E-state index in [1.807, 2.05) is 6.92 Å². The van der Waals surface area contributed by atoms with Gasteiger partial charge in [-0.2, -0.15) is 0 Å². The van der Waals surface area contributed by atoms with Crippen molar-refractivity contribution in [3.63, 3.8) is 0 Å². The summed E-state index contributed by atoms with van der Waals surface area (Å²) >= 11 is 7.03. The number of carbonyl (C=O) groups excluding carboxylic acids is 3. The zero-order valence-corrected chi connectivity index (χ0v) is 17.8. The summed E-state index contributed by atoms with van der Waals surface area (Å²) in [5.41, 5.74) is -0.878. The number of nitrogens with zero attached hydrogens (tertiary/aromatic N) is 1. The molecule has 9 nitrogen and oxygen atoms in total. The van der Waals surface area contributed by atoms with E-state index < -0.39 is 23.6 Å². The van der Waals surface area contributed by atoms with Gasteiger partial charge in [0.15, 0.2) is 5.54 Å². The maximum absolute atomic E-state index is 12.5. The molecule has 3 atom stereocenters. The minimum atomic E-state index is -1.64. The van der Waals surface area contributed by atoms with Crippen molar-refractivity contribution >= 4 is 47.2 Å². The van der Waals surface area contributed by atoms with Crippen LogP contribution >= 0.6 is 23.4 Å². The standard InChI is InChI=1S/C19H22ClN3O6S/c1-2-7-29-18(28)22-19(17(26)27)9-23-15(25)14(16(23)30-10-19)21-13(24)8-11-3-5-12(20)6-4-11/h3-6,14,16H,2,7-10H2,1H3,(H,21,24)(H,22,28)(H,26,27)/t14?,16-,19?/m1/s1. The molecule has 2 saturated heterocycles. The van der Waals surface area contributed by atoms with Gasteiger partial charge in [-0.3, -0.25) is 9.59 Å². The number of alkyl carbamates (subject to hydrolysis) is 1. The van der Waals surface area contributed by atoms with Crippen molar-refractivity contribution in [3.8, 4) is 0 Å². The number of hydrogen-bond acceptors (Lipinski definition) is 6. The number of rotatable bonds is 7. The molecule has 2 fully saturated rings. The number of amides is 3. The lowest BCUT2D eigenvalue weighted by Crippen LogP contribution is -2.77. The van der Waals surface area contributed by atoms with E-state index in [9.17, 15) is 24.3 Å². The van der Waals surface area contributed by atoms with Crippen molar-refractivity contribution in [1.82, 2.24) is 15.5 Å². The van der Waals surface area contributed by atoms with Gasteiger partial charge < -0.3 is 25.4 Å². The number of fused-ring (bicyclic) bond motifs is 1. The molecule has 2 aliphatic rings. The summed E-state index contributed by atoms with van der Waals surface area (Å²) in [6.45, 7) is 1.80. The van der Waals surface area contributed by atoms with E-state index in [0.717, 1.165) is 5.56 Å². The average Bonchev–Trinajstić information content (AvgIpc) is 2.72. The molecule has 0 bridgehead atoms. The molecule has 1 aromatic carbocycles. The van der Waals surface area contributed by atoms with E-state index in [-0.39, 0.29) is 42.5 Å². The molecule has 2 aliphatic heterocycles. The lowest BCUT2D eigenvalue weighted by atomic mass is 9.96. The van der Waals surface area contributed by atoms with Gasteiger partial charge in [-0.05, 0) is 24.1 Å². The maximum atomic E-state index is 12.5. The predicted octanol–water partition coefficient (Wildman–Crippen LogP) is 1.24. The second kappa shape index (κ2) is 9.13. The summed E-state index contributed by atoms with van der Waals surface area (Å²) in [5, 5.41) is 15.0. The van der Waals surface area contributed by atoms with E-state index in [4.69, 9.17) is 16.3 Å². The number of thioether (sulfide) groups is 1. The van der Waals surface area contributed by atoms with Crippen LogP contribution in [0, 0.1) is 0 Å². The monoisotopic (exact) mass is 455 g/mol. The molecule has 0 radical (unpaired) electrons. The Kier molecular flexibility index (Phi) is 6.77. The number of benzene rings is 1. The second-order valence-electron chi connectivity index (χ2n) is 7.16. The van der Waals surface area contributed by atoms with Crippen molar-refractivity contribution in [2.75, 3.05) is 18.9 Å². The fourth-order valence-corrected chi connectivity index (χ4v) is 4.88. The molecule has 162 valence electrons. The Morgan fingerprint density at radius 1 is 1.33 bits per heavy atom. The molecule has 0 saturated carbocycles. The van der Waals surface area contributed by atoms with Gasteiger partial charge in [0.25, 0.3) is 0 Å². The van der Waals surface area contributed by atoms with Gasteiger partial charge in [-0.25, -0.2) is 9.59 Å². The summed E-state index contributed by atoms with van der Waals surface area (Å²) in [5.74, 6) is -1.90. The summed E-state index contributed by atoms with van der Waals surface area (Å²) < 4.78 is 4.92. The predicted molar refractivity (Wildman–Crippen MR) is 110 cm³/mol. The van der Waals surface area contributed by atoms with E-state index in [1.54, 1.807) is 24.3 Å². The van der Waals surface area contributed by atoms with Crippen LogP contribution in [-0.2, 0) is 25.5 Å². The summed E-state index contributed by atoms with van der Waals surface area (Å²) in [6.07, 6.45) is -0.131. The fourth-order valence-electron chi connectivity index (χ4n) is 3.27. The van der Waals surface area contributed by atoms with Crippen molar-refractivity contribution < 1.29 is 29.0 Å². The summed E-state index contributed by atoms with van der Waals surface area (Å²) in [7, 11) is 0. The molecule has 30 heavy (non-hydrogen) atoms. The Morgan fingerprint density at radius 3 is 2.67 bits per heavy atom. The first-order chi connectivity index (χ1) is 14.3. The van der Waals surface area contributed by atoms with Crippen LogP contribution in [-0.4, -0.2) is 69.7 Å². The molecule has 2 heterocycles. The Hall–Kier alpha value is -2.46. The van der Waals surface area contributed by atoms with Gasteiger partial charge in [0, 0.05) is 10.8 Å². The quantitative estimate of drug-likeness (QED) is 0.528. The molecule has 3 N–H and O–H groups in total. The van der Waals surface area contributed by atoms with Crippen molar-refractivity contribution in [2.45, 2.75) is 36.7 Å². The molecule has 3 amide bonds. The van der Waals surface area contributed by atoms with Crippen molar-refractivity contribution in [3.05, 3.63) is 34.9 Å². The highest BCUT2D eigenvalue weighted by Crippen LogP contribution is 2.38. The topological polar surface area (TPSA) is 125 Å². The molecular weight excluding hydrogens is 434 g/mol. The molecular formula is C19H22ClN3O6S. The zero-order valence-electron chi connectivity index (χ0n) is 16.2. The van der Waals surface area contributed by atoms with Gasteiger partial charge in [-0.1, -0.05) is 30.7 Å². The van der Waals surface area contributed by atoms with Gasteiger partial charge in [0.1, 0.15) is 11.4 Å². The number of halogens is 1. The zero-order chi connectivity index (χ0) is 21.9. The molecule has 0 spiro atoms. The molecule has 3 rings (SSSR count). The molecule has 0 aliphatic carbocycles. The Labute approximate surface area is 182 Å². The third-order valence-electron chi connectivity index (χ3n) is 4.86. The van der Waals surface area contributed by atoms with E-state index in [1.165, 1.54) is 16.7 Å². The lowest BCUT2D eigenvalue weighted by Gasteiger charge is -2.53. The molecule has 11 heteroatoms. The van der Waals surface area contributed by atoms with Crippen LogP contribution in [0.2, 0.25) is 5.02 Å². The number of β-lactam (4-membered cyclic amide) rings is 1.